The highest BCUT2D eigenvalue weighted by Gasteiger charge is 2.31. The van der Waals surface area contributed by atoms with Crippen LogP contribution in [0.5, 0.6) is 0 Å². The number of rotatable bonds is 5. The molecule has 2 aromatic carbocycles. The molecule has 1 aliphatic rings. The van der Waals surface area contributed by atoms with Gasteiger partial charge in [0.1, 0.15) is 11.6 Å². The predicted molar refractivity (Wildman–Crippen MR) is 103 cm³/mol. The van der Waals surface area contributed by atoms with E-state index in [2.05, 4.69) is 5.32 Å². The van der Waals surface area contributed by atoms with Crippen LogP contribution in [0.2, 0.25) is 5.02 Å². The number of piperidine rings is 1. The average molecular weight is 429 g/mol. The normalized spacial score (nSPS) is 16.1. The Hall–Kier alpha value is -2.03. The third-order valence-corrected chi connectivity index (χ3v) is 6.90. The number of anilines is 1. The van der Waals surface area contributed by atoms with Crippen molar-refractivity contribution in [2.75, 3.05) is 18.4 Å². The zero-order valence-corrected chi connectivity index (χ0v) is 16.4. The molecule has 0 spiro atoms. The molecule has 1 fully saturated rings. The van der Waals surface area contributed by atoms with Crippen LogP contribution in [0.15, 0.2) is 42.5 Å². The number of sulfonamides is 1. The molecule has 1 N–H and O–H groups in total. The second-order valence-corrected chi connectivity index (χ2v) is 9.01. The Kier molecular flexibility index (Phi) is 6.32. The number of carbonyl (C=O) groups excluding carboxylic acids is 1. The molecule has 0 aromatic heterocycles. The lowest BCUT2D eigenvalue weighted by molar-refractivity contribution is -0.120. The number of nitrogens with one attached hydrogen (secondary N) is 1. The maximum absolute atomic E-state index is 13.7. The van der Waals surface area contributed by atoms with Crippen LogP contribution in [0.3, 0.4) is 0 Å². The van der Waals surface area contributed by atoms with E-state index in [1.54, 1.807) is 24.3 Å². The topological polar surface area (TPSA) is 66.5 Å². The third-order valence-electron chi connectivity index (χ3n) is 4.70. The molecule has 150 valence electrons. The van der Waals surface area contributed by atoms with E-state index in [1.165, 1.54) is 4.31 Å². The lowest BCUT2D eigenvalue weighted by Crippen LogP contribution is -2.42. The van der Waals surface area contributed by atoms with Gasteiger partial charge >= 0.3 is 0 Å². The quantitative estimate of drug-likeness (QED) is 0.787. The van der Waals surface area contributed by atoms with Crippen LogP contribution in [0.1, 0.15) is 18.4 Å². The van der Waals surface area contributed by atoms with Gasteiger partial charge in [-0.3, -0.25) is 4.79 Å². The predicted octanol–water partition coefficient (Wildman–Crippen LogP) is 3.80. The number of amides is 1. The lowest BCUT2D eigenvalue weighted by Gasteiger charge is -2.30. The first kappa shape index (κ1) is 20.7. The molecule has 0 aliphatic carbocycles. The Balaban J connectivity index is 1.59. The second-order valence-electron chi connectivity index (χ2n) is 6.63. The van der Waals surface area contributed by atoms with E-state index in [0.29, 0.717) is 29.5 Å². The Bertz CT molecular complexity index is 977. The summed E-state index contributed by atoms with van der Waals surface area (Å²) in [4.78, 5) is 12.3. The minimum atomic E-state index is -3.56. The minimum absolute atomic E-state index is 0.0971. The molecule has 0 radical (unpaired) electrons. The first-order valence-corrected chi connectivity index (χ1v) is 10.7. The number of halogens is 3. The molecule has 0 unspecified atom stereocenters. The summed E-state index contributed by atoms with van der Waals surface area (Å²) >= 11 is 6.04. The van der Waals surface area contributed by atoms with Gasteiger partial charge in [-0.1, -0.05) is 29.8 Å². The Labute approximate surface area is 167 Å². The largest absolute Gasteiger partial charge is 0.323 e. The van der Waals surface area contributed by atoms with Crippen LogP contribution in [0, 0.1) is 17.6 Å². The van der Waals surface area contributed by atoms with Crippen LogP contribution >= 0.6 is 11.6 Å². The van der Waals surface area contributed by atoms with Crippen molar-refractivity contribution in [3.05, 3.63) is 64.7 Å². The zero-order valence-electron chi connectivity index (χ0n) is 14.9. The highest BCUT2D eigenvalue weighted by atomic mass is 35.5. The highest BCUT2D eigenvalue weighted by molar-refractivity contribution is 7.88. The molecular weight excluding hydrogens is 410 g/mol. The highest BCUT2D eigenvalue weighted by Crippen LogP contribution is 2.25. The van der Waals surface area contributed by atoms with E-state index >= 15 is 0 Å². The maximum Gasteiger partial charge on any atom is 0.227 e. The number of hydrogen-bond acceptors (Lipinski definition) is 3. The molecule has 5 nitrogen and oxygen atoms in total. The van der Waals surface area contributed by atoms with Gasteiger partial charge in [-0.05, 0) is 36.6 Å². The van der Waals surface area contributed by atoms with Crippen LogP contribution in [0.4, 0.5) is 14.5 Å². The van der Waals surface area contributed by atoms with E-state index in [0.717, 1.165) is 12.1 Å². The van der Waals surface area contributed by atoms with Crippen LogP contribution in [-0.4, -0.2) is 31.7 Å². The zero-order chi connectivity index (χ0) is 20.3. The summed E-state index contributed by atoms with van der Waals surface area (Å²) in [5, 5.41) is 2.83. The van der Waals surface area contributed by atoms with E-state index in [9.17, 15) is 22.0 Å². The molecule has 3 rings (SSSR count). The SMILES string of the molecule is O=C(Nc1ccc(F)cc1F)C1CCN(S(=O)(=O)Cc2ccccc2Cl)CC1. The van der Waals surface area contributed by atoms with E-state index < -0.39 is 33.5 Å². The summed E-state index contributed by atoms with van der Waals surface area (Å²) < 4.78 is 53.2. The molecule has 1 amide bonds. The molecule has 0 atom stereocenters. The van der Waals surface area contributed by atoms with Gasteiger partial charge < -0.3 is 5.32 Å². The average Bonchev–Trinajstić information content (AvgIpc) is 2.66. The minimum Gasteiger partial charge on any atom is -0.323 e. The lowest BCUT2D eigenvalue weighted by atomic mass is 9.97. The molecule has 2 aromatic rings. The third kappa shape index (κ3) is 4.87. The van der Waals surface area contributed by atoms with Gasteiger partial charge in [-0.15, -0.1) is 0 Å². The van der Waals surface area contributed by atoms with Crippen molar-refractivity contribution in [2.24, 2.45) is 5.92 Å². The van der Waals surface area contributed by atoms with Gasteiger partial charge in [0.2, 0.25) is 15.9 Å². The molecule has 1 aliphatic heterocycles. The van der Waals surface area contributed by atoms with Crippen molar-refractivity contribution < 1.29 is 22.0 Å². The van der Waals surface area contributed by atoms with E-state index in [1.807, 2.05) is 0 Å². The first-order chi connectivity index (χ1) is 13.3. The van der Waals surface area contributed by atoms with Crippen molar-refractivity contribution in [3.8, 4) is 0 Å². The number of hydrogen-bond donors (Lipinski definition) is 1. The second kappa shape index (κ2) is 8.55. The van der Waals surface area contributed by atoms with Crippen LogP contribution < -0.4 is 5.32 Å². The Morgan fingerprint density at radius 3 is 2.46 bits per heavy atom. The van der Waals surface area contributed by atoms with Gasteiger partial charge in [0.15, 0.2) is 0 Å². The molecule has 1 heterocycles. The molecule has 0 bridgehead atoms. The number of nitrogens with zero attached hydrogens (tertiary/aromatic N) is 1. The standard InChI is InChI=1S/C19H19ClF2N2O3S/c20-16-4-2-1-3-14(16)12-28(26,27)24-9-7-13(8-10-24)19(25)23-18-6-5-15(21)11-17(18)22/h1-6,11,13H,7-10,12H2,(H,23,25). The number of carbonyl (C=O) groups is 1. The van der Waals surface area contributed by atoms with Crippen LogP contribution in [0.25, 0.3) is 0 Å². The number of benzene rings is 2. The van der Waals surface area contributed by atoms with Crippen molar-refractivity contribution in [2.45, 2.75) is 18.6 Å². The van der Waals surface area contributed by atoms with Crippen molar-refractivity contribution in [1.29, 1.82) is 0 Å². The summed E-state index contributed by atoms with van der Waals surface area (Å²) in [6, 6.07) is 9.66. The van der Waals surface area contributed by atoms with Crippen molar-refractivity contribution in [1.82, 2.24) is 4.31 Å². The van der Waals surface area contributed by atoms with Gasteiger partial charge in [0.25, 0.3) is 0 Å². The Morgan fingerprint density at radius 2 is 1.82 bits per heavy atom. The summed E-state index contributed by atoms with van der Waals surface area (Å²) in [7, 11) is -3.56. The van der Waals surface area contributed by atoms with Gasteiger partial charge in [-0.25, -0.2) is 21.5 Å². The van der Waals surface area contributed by atoms with Gasteiger partial charge in [0, 0.05) is 30.1 Å². The monoisotopic (exact) mass is 428 g/mol. The maximum atomic E-state index is 13.7. The van der Waals surface area contributed by atoms with E-state index in [4.69, 9.17) is 11.6 Å². The van der Waals surface area contributed by atoms with Gasteiger partial charge in [0.05, 0.1) is 11.4 Å². The van der Waals surface area contributed by atoms with E-state index in [-0.39, 0.29) is 24.5 Å². The molecule has 9 heteroatoms. The summed E-state index contributed by atoms with van der Waals surface area (Å²) in [6.45, 7) is 0.382. The fraction of sp³-hybridized carbons (Fsp3) is 0.316. The molecular formula is C19H19ClF2N2O3S. The van der Waals surface area contributed by atoms with Crippen molar-refractivity contribution in [3.63, 3.8) is 0 Å². The summed E-state index contributed by atoms with van der Waals surface area (Å²) in [6.07, 6.45) is 0.632. The molecule has 28 heavy (non-hydrogen) atoms. The van der Waals surface area contributed by atoms with Gasteiger partial charge in [-0.2, -0.15) is 0 Å². The fourth-order valence-electron chi connectivity index (χ4n) is 3.13. The molecule has 1 saturated heterocycles. The fourth-order valence-corrected chi connectivity index (χ4v) is 5.00. The summed E-state index contributed by atoms with van der Waals surface area (Å²) in [5.41, 5.74) is 0.427. The molecule has 0 saturated carbocycles. The Morgan fingerprint density at radius 1 is 1.14 bits per heavy atom. The smallest absolute Gasteiger partial charge is 0.227 e. The first-order valence-electron chi connectivity index (χ1n) is 8.73. The summed E-state index contributed by atoms with van der Waals surface area (Å²) in [5.74, 6) is -2.64. The van der Waals surface area contributed by atoms with Crippen LogP contribution in [-0.2, 0) is 20.6 Å². The van der Waals surface area contributed by atoms with Crippen molar-refractivity contribution >= 4 is 33.2 Å².